The maximum atomic E-state index is 12.2. The topological polar surface area (TPSA) is 51.2 Å². The molecule has 0 fully saturated rings. The monoisotopic (exact) mass is 372 g/mol. The zero-order valence-corrected chi connectivity index (χ0v) is 16.1. The molecule has 0 radical (unpaired) electrons. The van der Waals surface area contributed by atoms with E-state index in [4.69, 9.17) is 4.74 Å². The van der Waals surface area contributed by atoms with Gasteiger partial charge in [0, 0.05) is 24.2 Å². The highest BCUT2D eigenvalue weighted by atomic mass is 16.5. The molecule has 1 amide bonds. The second kappa shape index (κ2) is 9.51. The summed E-state index contributed by atoms with van der Waals surface area (Å²) in [6, 6.07) is 19.5. The summed E-state index contributed by atoms with van der Waals surface area (Å²) in [5.74, 6) is 0.624. The van der Waals surface area contributed by atoms with Crippen LogP contribution in [0.25, 0.3) is 6.08 Å². The summed E-state index contributed by atoms with van der Waals surface area (Å²) in [4.78, 5) is 16.2. The Morgan fingerprint density at radius 3 is 2.46 bits per heavy atom. The first-order chi connectivity index (χ1) is 13.6. The number of benzene rings is 2. The van der Waals surface area contributed by atoms with Crippen molar-refractivity contribution < 1.29 is 9.53 Å². The Bertz CT molecular complexity index is 932. The predicted octanol–water partition coefficient (Wildman–Crippen LogP) is 5.11. The highest BCUT2D eigenvalue weighted by molar-refractivity contribution is 6.01. The molecule has 0 atom stereocenters. The van der Waals surface area contributed by atoms with Gasteiger partial charge in [-0.15, -0.1) is 0 Å². The lowest BCUT2D eigenvalue weighted by Crippen LogP contribution is -2.07. The Morgan fingerprint density at radius 1 is 1.04 bits per heavy atom. The van der Waals surface area contributed by atoms with Crippen LogP contribution < -0.4 is 10.1 Å². The average molecular weight is 372 g/mol. The van der Waals surface area contributed by atoms with Crippen LogP contribution in [0.3, 0.4) is 0 Å². The average Bonchev–Trinajstić information content (AvgIpc) is 2.69. The van der Waals surface area contributed by atoms with Crippen molar-refractivity contribution in [3.8, 4) is 5.75 Å². The number of hydrogen-bond acceptors (Lipinski definition) is 3. The van der Waals surface area contributed by atoms with Gasteiger partial charge >= 0.3 is 0 Å². The second-order valence-electron chi connectivity index (χ2n) is 6.79. The Kier molecular flexibility index (Phi) is 6.58. The maximum Gasteiger partial charge on any atom is 0.248 e. The molecule has 0 saturated carbocycles. The summed E-state index contributed by atoms with van der Waals surface area (Å²) in [7, 11) is 0. The molecule has 0 unspecified atom stereocenters. The number of rotatable bonds is 7. The molecule has 4 heteroatoms. The van der Waals surface area contributed by atoms with Gasteiger partial charge in [0.2, 0.25) is 5.91 Å². The van der Waals surface area contributed by atoms with Crippen molar-refractivity contribution in [1.29, 1.82) is 0 Å². The van der Waals surface area contributed by atoms with Crippen molar-refractivity contribution in [3.63, 3.8) is 0 Å². The van der Waals surface area contributed by atoms with Gasteiger partial charge in [0.05, 0.1) is 6.10 Å². The normalized spacial score (nSPS) is 11.0. The summed E-state index contributed by atoms with van der Waals surface area (Å²) >= 11 is 0. The highest BCUT2D eigenvalue weighted by Gasteiger charge is 2.01. The fourth-order valence-electron chi connectivity index (χ4n) is 2.76. The molecule has 3 aromatic rings. The van der Waals surface area contributed by atoms with Gasteiger partial charge in [-0.05, 0) is 79.4 Å². The molecular weight excluding hydrogens is 348 g/mol. The molecule has 0 aliphatic carbocycles. The number of aromatic nitrogens is 1. The number of carbonyl (C=O) groups excluding carboxylic acids is 1. The van der Waals surface area contributed by atoms with Crippen LogP contribution >= 0.6 is 0 Å². The van der Waals surface area contributed by atoms with Gasteiger partial charge in [-0.2, -0.15) is 0 Å². The van der Waals surface area contributed by atoms with Gasteiger partial charge in [-0.3, -0.25) is 9.78 Å². The Labute approximate surface area is 165 Å². The third-order valence-electron chi connectivity index (χ3n) is 4.04. The first kappa shape index (κ1) is 19.4. The van der Waals surface area contributed by atoms with Gasteiger partial charge in [-0.1, -0.05) is 24.3 Å². The summed E-state index contributed by atoms with van der Waals surface area (Å²) in [6.45, 7) is 3.97. The molecule has 142 valence electrons. The Balaban J connectivity index is 1.56. The van der Waals surface area contributed by atoms with Gasteiger partial charge in [-0.25, -0.2) is 0 Å². The van der Waals surface area contributed by atoms with Crippen LogP contribution in [0.15, 0.2) is 79.1 Å². The second-order valence-corrected chi connectivity index (χ2v) is 6.79. The number of nitrogens with zero attached hydrogens (tertiary/aromatic N) is 1. The van der Waals surface area contributed by atoms with Gasteiger partial charge in [0.15, 0.2) is 0 Å². The summed E-state index contributed by atoms with van der Waals surface area (Å²) in [5.41, 5.74) is 4.08. The Hall–Kier alpha value is -3.40. The summed E-state index contributed by atoms with van der Waals surface area (Å²) in [5, 5.41) is 2.88. The molecule has 1 aromatic heterocycles. The number of nitrogens with one attached hydrogen (secondary N) is 1. The lowest BCUT2D eigenvalue weighted by molar-refractivity contribution is -0.111. The number of amides is 1. The minimum atomic E-state index is -0.169. The van der Waals surface area contributed by atoms with E-state index in [2.05, 4.69) is 10.3 Å². The Morgan fingerprint density at radius 2 is 1.75 bits per heavy atom. The zero-order chi connectivity index (χ0) is 19.8. The van der Waals surface area contributed by atoms with E-state index in [0.29, 0.717) is 0 Å². The molecule has 1 N–H and O–H groups in total. The third-order valence-corrected chi connectivity index (χ3v) is 4.04. The largest absolute Gasteiger partial charge is 0.491 e. The van der Waals surface area contributed by atoms with Gasteiger partial charge < -0.3 is 10.1 Å². The number of ether oxygens (including phenoxy) is 1. The van der Waals surface area contributed by atoms with Crippen molar-refractivity contribution in [1.82, 2.24) is 4.98 Å². The molecule has 4 nitrogen and oxygen atoms in total. The van der Waals surface area contributed by atoms with E-state index < -0.39 is 0 Å². The zero-order valence-electron chi connectivity index (χ0n) is 16.1. The van der Waals surface area contributed by atoms with E-state index in [-0.39, 0.29) is 12.0 Å². The van der Waals surface area contributed by atoms with Crippen LogP contribution in [-0.4, -0.2) is 17.0 Å². The van der Waals surface area contributed by atoms with Crippen LogP contribution in [-0.2, 0) is 11.2 Å². The van der Waals surface area contributed by atoms with Crippen molar-refractivity contribution in [2.75, 3.05) is 5.32 Å². The molecule has 0 aliphatic rings. The van der Waals surface area contributed by atoms with Crippen molar-refractivity contribution in [3.05, 3.63) is 95.8 Å². The predicted molar refractivity (Wildman–Crippen MR) is 113 cm³/mol. The molecule has 0 aliphatic heterocycles. The van der Waals surface area contributed by atoms with Crippen LogP contribution in [0.5, 0.6) is 5.75 Å². The number of anilines is 1. The first-order valence-corrected chi connectivity index (χ1v) is 9.32. The molecule has 2 aromatic carbocycles. The minimum absolute atomic E-state index is 0.115. The minimum Gasteiger partial charge on any atom is -0.491 e. The lowest BCUT2D eigenvalue weighted by atomic mass is 10.1. The van der Waals surface area contributed by atoms with Crippen molar-refractivity contribution in [2.24, 2.45) is 0 Å². The SMILES string of the molecule is CC(C)Oc1cccc(/C=C/C(=O)Nc2ccc(Cc3ccncc3)cc2)c1. The third kappa shape index (κ3) is 6.09. The quantitative estimate of drug-likeness (QED) is 0.586. The summed E-state index contributed by atoms with van der Waals surface area (Å²) < 4.78 is 5.67. The molecule has 0 saturated heterocycles. The number of pyridine rings is 1. The van der Waals surface area contributed by atoms with Gasteiger partial charge in [0.25, 0.3) is 0 Å². The summed E-state index contributed by atoms with van der Waals surface area (Å²) in [6.07, 6.45) is 7.84. The smallest absolute Gasteiger partial charge is 0.248 e. The molecule has 1 heterocycles. The molecule has 0 bridgehead atoms. The van der Waals surface area contributed by atoms with Gasteiger partial charge in [0.1, 0.15) is 5.75 Å². The van der Waals surface area contributed by atoms with Crippen molar-refractivity contribution in [2.45, 2.75) is 26.4 Å². The van der Waals surface area contributed by atoms with E-state index in [1.807, 2.05) is 74.5 Å². The van der Waals surface area contributed by atoms with Crippen LogP contribution in [0.4, 0.5) is 5.69 Å². The van der Waals surface area contributed by atoms with Crippen LogP contribution in [0, 0.1) is 0 Å². The van der Waals surface area contributed by atoms with Crippen LogP contribution in [0.1, 0.15) is 30.5 Å². The van der Waals surface area contributed by atoms with E-state index in [1.165, 1.54) is 17.2 Å². The fraction of sp³-hybridized carbons (Fsp3) is 0.167. The first-order valence-electron chi connectivity index (χ1n) is 9.32. The number of hydrogen-bond donors (Lipinski definition) is 1. The lowest BCUT2D eigenvalue weighted by Gasteiger charge is -2.09. The number of carbonyl (C=O) groups is 1. The standard InChI is InChI=1S/C24H24N2O2/c1-18(2)28-23-5-3-4-19(17-23)8-11-24(27)26-22-9-6-20(7-10-22)16-21-12-14-25-15-13-21/h3-15,17-18H,16H2,1-2H3,(H,26,27)/b11-8+. The van der Waals surface area contributed by atoms with Crippen molar-refractivity contribution >= 4 is 17.7 Å². The van der Waals surface area contributed by atoms with E-state index in [9.17, 15) is 4.79 Å². The molecular formula is C24H24N2O2. The molecule has 0 spiro atoms. The molecule has 3 rings (SSSR count). The maximum absolute atomic E-state index is 12.2. The van der Waals surface area contributed by atoms with Crippen LogP contribution in [0.2, 0.25) is 0 Å². The molecule has 28 heavy (non-hydrogen) atoms. The van der Waals surface area contributed by atoms with E-state index in [1.54, 1.807) is 18.5 Å². The van der Waals surface area contributed by atoms with E-state index >= 15 is 0 Å². The highest BCUT2D eigenvalue weighted by Crippen LogP contribution is 2.16. The fourth-order valence-corrected chi connectivity index (χ4v) is 2.76. The van der Waals surface area contributed by atoms with E-state index in [0.717, 1.165) is 23.4 Å².